The maximum Gasteiger partial charge on any atom is 0.342 e. The monoisotopic (exact) mass is 528 g/mol. The van der Waals surface area contributed by atoms with Crippen LogP contribution >= 0.6 is 0 Å². The van der Waals surface area contributed by atoms with Gasteiger partial charge in [0.25, 0.3) is 11.8 Å². The molecule has 2 saturated heterocycles. The fraction of sp³-hybridized carbons (Fsp3) is 0.182. The predicted octanol–water partition coefficient (Wildman–Crippen LogP) is 5.12. The van der Waals surface area contributed by atoms with Crippen molar-refractivity contribution in [2.75, 3.05) is 39.2 Å². The summed E-state index contributed by atoms with van der Waals surface area (Å²) in [5.74, 6) is -0.944. The molecule has 198 valence electrons. The van der Waals surface area contributed by atoms with Crippen LogP contribution in [0.1, 0.15) is 5.56 Å². The number of imide groups is 2. The third-order valence-electron chi connectivity index (χ3n) is 8.42. The van der Waals surface area contributed by atoms with E-state index in [-0.39, 0.29) is 6.42 Å². The molecular formula is C33H28N4O3. The van der Waals surface area contributed by atoms with E-state index in [0.29, 0.717) is 24.5 Å². The fourth-order valence-electron chi connectivity index (χ4n) is 6.54. The zero-order chi connectivity index (χ0) is 27.3. The van der Waals surface area contributed by atoms with E-state index < -0.39 is 29.3 Å². The van der Waals surface area contributed by atoms with E-state index in [1.54, 1.807) is 48.5 Å². The average molecular weight is 529 g/mol. The summed E-state index contributed by atoms with van der Waals surface area (Å²) in [4.78, 5) is 50.6. The van der Waals surface area contributed by atoms with E-state index in [4.69, 9.17) is 0 Å². The summed E-state index contributed by atoms with van der Waals surface area (Å²) in [6.45, 7) is 1.86. The molecule has 3 aliphatic rings. The lowest BCUT2D eigenvalue weighted by molar-refractivity contribution is -0.143. The van der Waals surface area contributed by atoms with E-state index in [1.165, 1.54) is 9.80 Å². The molecule has 2 fully saturated rings. The first-order chi connectivity index (χ1) is 19.6. The number of urea groups is 1. The van der Waals surface area contributed by atoms with Gasteiger partial charge in [0.05, 0.1) is 17.4 Å². The Morgan fingerprint density at radius 2 is 1.07 bits per heavy atom. The highest BCUT2D eigenvalue weighted by Crippen LogP contribution is 2.48. The lowest BCUT2D eigenvalue weighted by Crippen LogP contribution is -2.76. The van der Waals surface area contributed by atoms with E-state index in [0.717, 1.165) is 23.5 Å². The highest BCUT2D eigenvalue weighted by Gasteiger charge is 2.65. The standard InChI is InChI=1S/C33H28N4O3/c38-30-33(31(39)37(27-17-8-3-9-18-27)32(40)36(30)26-15-6-2-7-16-26)22-24-12-10-11-19-28(24)35-21-20-34(23-29(33)35)25-13-4-1-5-14-25/h1-19,29H,20-23H2/t29-/m0/s1. The van der Waals surface area contributed by atoms with Gasteiger partial charge < -0.3 is 9.80 Å². The highest BCUT2D eigenvalue weighted by atomic mass is 16.2. The summed E-state index contributed by atoms with van der Waals surface area (Å²) in [6.07, 6.45) is 0.213. The minimum atomic E-state index is -1.51. The number of rotatable bonds is 3. The molecule has 3 aliphatic heterocycles. The Kier molecular flexibility index (Phi) is 5.66. The van der Waals surface area contributed by atoms with E-state index in [2.05, 4.69) is 28.0 Å². The van der Waals surface area contributed by atoms with Gasteiger partial charge in [0.2, 0.25) is 0 Å². The molecule has 0 aliphatic carbocycles. The number of carbonyl (C=O) groups excluding carboxylic acids is 3. The van der Waals surface area contributed by atoms with Gasteiger partial charge in [-0.05, 0) is 54.4 Å². The SMILES string of the molecule is O=C1N(c2ccccc2)C(=O)C2(Cc3ccccc3N3CCN(c4ccccc4)C[C@H]32)C(=O)N1c1ccccc1. The molecule has 7 heteroatoms. The third-order valence-corrected chi connectivity index (χ3v) is 8.42. The van der Waals surface area contributed by atoms with Crippen molar-refractivity contribution in [2.45, 2.75) is 12.5 Å². The van der Waals surface area contributed by atoms with Crippen LogP contribution in [0.2, 0.25) is 0 Å². The van der Waals surface area contributed by atoms with Crippen molar-refractivity contribution in [2.24, 2.45) is 5.41 Å². The van der Waals surface area contributed by atoms with Crippen molar-refractivity contribution in [1.29, 1.82) is 0 Å². The normalized spacial score (nSPS) is 20.0. The lowest BCUT2D eigenvalue weighted by atomic mass is 9.67. The third kappa shape index (κ3) is 3.54. The molecule has 0 radical (unpaired) electrons. The van der Waals surface area contributed by atoms with Crippen molar-refractivity contribution in [1.82, 2.24) is 0 Å². The fourth-order valence-corrected chi connectivity index (χ4v) is 6.54. The summed E-state index contributed by atoms with van der Waals surface area (Å²) < 4.78 is 0. The molecule has 1 spiro atoms. The van der Waals surface area contributed by atoms with Crippen LogP contribution in [0.5, 0.6) is 0 Å². The second-order valence-electron chi connectivity index (χ2n) is 10.5. The van der Waals surface area contributed by atoms with Gasteiger partial charge in [0.1, 0.15) is 0 Å². The lowest BCUT2D eigenvalue weighted by Gasteiger charge is -2.57. The van der Waals surface area contributed by atoms with Crippen LogP contribution in [0, 0.1) is 5.41 Å². The van der Waals surface area contributed by atoms with Crippen molar-refractivity contribution in [3.05, 3.63) is 121 Å². The van der Waals surface area contributed by atoms with Gasteiger partial charge in [-0.3, -0.25) is 9.59 Å². The van der Waals surface area contributed by atoms with Gasteiger partial charge in [0.15, 0.2) is 5.41 Å². The summed E-state index contributed by atoms with van der Waals surface area (Å²) >= 11 is 0. The molecule has 0 N–H and O–H groups in total. The van der Waals surface area contributed by atoms with Crippen molar-refractivity contribution in [3.63, 3.8) is 0 Å². The molecule has 4 amide bonds. The Labute approximate surface area is 232 Å². The minimum Gasteiger partial charge on any atom is -0.368 e. The molecule has 0 unspecified atom stereocenters. The Balaban J connectivity index is 1.44. The number of hydrogen-bond donors (Lipinski definition) is 0. The number of amides is 4. The first-order valence-electron chi connectivity index (χ1n) is 13.6. The molecule has 4 aromatic rings. The minimum absolute atomic E-state index is 0.213. The highest BCUT2D eigenvalue weighted by molar-refractivity contribution is 6.39. The van der Waals surface area contributed by atoms with Crippen LogP contribution in [0.25, 0.3) is 0 Å². The first-order valence-corrected chi connectivity index (χ1v) is 13.6. The van der Waals surface area contributed by atoms with Crippen LogP contribution in [0.3, 0.4) is 0 Å². The van der Waals surface area contributed by atoms with E-state index in [1.807, 2.05) is 48.5 Å². The Morgan fingerprint density at radius 3 is 1.65 bits per heavy atom. The Hall–Kier alpha value is -4.91. The second-order valence-corrected chi connectivity index (χ2v) is 10.5. The van der Waals surface area contributed by atoms with E-state index >= 15 is 0 Å². The topological polar surface area (TPSA) is 64.2 Å². The molecule has 7 rings (SSSR count). The number of piperazine rings is 1. The van der Waals surface area contributed by atoms with Crippen LogP contribution in [-0.4, -0.2) is 43.5 Å². The van der Waals surface area contributed by atoms with Crippen LogP contribution < -0.4 is 19.6 Å². The van der Waals surface area contributed by atoms with E-state index in [9.17, 15) is 14.4 Å². The van der Waals surface area contributed by atoms with Crippen molar-refractivity contribution >= 4 is 40.6 Å². The van der Waals surface area contributed by atoms with Gasteiger partial charge in [-0.2, -0.15) is 0 Å². The maximum absolute atomic E-state index is 14.8. The van der Waals surface area contributed by atoms with Gasteiger partial charge in [-0.25, -0.2) is 14.6 Å². The molecule has 7 nitrogen and oxygen atoms in total. The number of para-hydroxylation sites is 4. The van der Waals surface area contributed by atoms with Crippen LogP contribution in [0.4, 0.5) is 27.5 Å². The molecule has 1 atom stereocenters. The number of benzene rings is 4. The number of anilines is 4. The van der Waals surface area contributed by atoms with Crippen molar-refractivity contribution in [3.8, 4) is 0 Å². The summed E-state index contributed by atoms with van der Waals surface area (Å²) in [6, 6.07) is 34.8. The predicted molar refractivity (Wildman–Crippen MR) is 156 cm³/mol. The number of barbiturate groups is 1. The number of fused-ring (bicyclic) bond motifs is 4. The zero-order valence-corrected chi connectivity index (χ0v) is 21.9. The zero-order valence-electron chi connectivity index (χ0n) is 21.9. The number of nitrogens with zero attached hydrogens (tertiary/aromatic N) is 4. The van der Waals surface area contributed by atoms with Crippen LogP contribution in [0.15, 0.2) is 115 Å². The smallest absolute Gasteiger partial charge is 0.342 e. The molecule has 4 aromatic carbocycles. The van der Waals surface area contributed by atoms with Gasteiger partial charge in [-0.15, -0.1) is 0 Å². The Bertz CT molecular complexity index is 1530. The largest absolute Gasteiger partial charge is 0.368 e. The quantitative estimate of drug-likeness (QED) is 0.345. The molecule has 3 heterocycles. The van der Waals surface area contributed by atoms with Crippen LogP contribution in [-0.2, 0) is 16.0 Å². The van der Waals surface area contributed by atoms with Gasteiger partial charge >= 0.3 is 6.03 Å². The van der Waals surface area contributed by atoms with Crippen molar-refractivity contribution < 1.29 is 14.4 Å². The number of carbonyl (C=O) groups is 3. The average Bonchev–Trinajstić information content (AvgIpc) is 3.01. The molecule has 0 bridgehead atoms. The molecule has 40 heavy (non-hydrogen) atoms. The summed E-state index contributed by atoms with van der Waals surface area (Å²) in [7, 11) is 0. The van der Waals surface area contributed by atoms with Gasteiger partial charge in [0, 0.05) is 31.0 Å². The summed E-state index contributed by atoms with van der Waals surface area (Å²) in [5.41, 5.74) is 2.41. The number of hydrogen-bond acceptors (Lipinski definition) is 5. The molecular weight excluding hydrogens is 500 g/mol. The van der Waals surface area contributed by atoms with Gasteiger partial charge in [-0.1, -0.05) is 72.8 Å². The summed E-state index contributed by atoms with van der Waals surface area (Å²) in [5, 5.41) is 0. The first kappa shape index (κ1) is 24.2. The maximum atomic E-state index is 14.8. The second kappa shape index (κ2) is 9.38. The molecule has 0 aromatic heterocycles. The molecule has 0 saturated carbocycles. The Morgan fingerprint density at radius 1 is 0.575 bits per heavy atom.